The average molecular weight is 440 g/mol. The second kappa shape index (κ2) is 12.8. The van der Waals surface area contributed by atoms with Crippen molar-refractivity contribution >= 4 is 35.8 Å². The summed E-state index contributed by atoms with van der Waals surface area (Å²) >= 11 is 0. The largest absolute Gasteiger partial charge is 0.376 e. The van der Waals surface area contributed by atoms with Gasteiger partial charge in [-0.15, -0.1) is 24.0 Å². The number of hydrogen-bond donors (Lipinski definition) is 2. The Balaban J connectivity index is 0.00000484. The van der Waals surface area contributed by atoms with Gasteiger partial charge in [0.1, 0.15) is 6.54 Å². The van der Waals surface area contributed by atoms with E-state index in [9.17, 15) is 4.79 Å². The number of carbonyl (C=O) groups is 1. The average Bonchev–Trinajstić information content (AvgIpc) is 2.49. The highest BCUT2D eigenvalue weighted by Gasteiger charge is 2.14. The first-order valence-electron chi connectivity index (χ1n) is 8.33. The minimum atomic E-state index is -0.00104. The Morgan fingerprint density at radius 2 is 2.04 bits per heavy atom. The molecule has 1 amide bonds. The molecule has 1 saturated heterocycles. The molecular formula is C16H33IN4O2. The summed E-state index contributed by atoms with van der Waals surface area (Å²) in [5.41, 5.74) is 0. The van der Waals surface area contributed by atoms with Crippen LogP contribution in [0.1, 0.15) is 39.5 Å². The van der Waals surface area contributed by atoms with Crippen molar-refractivity contribution in [2.45, 2.75) is 45.6 Å². The van der Waals surface area contributed by atoms with Crippen molar-refractivity contribution in [1.82, 2.24) is 15.5 Å². The zero-order valence-electron chi connectivity index (χ0n) is 14.9. The highest BCUT2D eigenvalue weighted by atomic mass is 127. The number of amides is 1. The minimum Gasteiger partial charge on any atom is -0.376 e. The van der Waals surface area contributed by atoms with Crippen LogP contribution in [0.2, 0.25) is 0 Å². The molecule has 0 aromatic heterocycles. The number of rotatable bonds is 7. The highest BCUT2D eigenvalue weighted by Crippen LogP contribution is 2.11. The zero-order chi connectivity index (χ0) is 16.4. The molecular weight excluding hydrogens is 407 g/mol. The third-order valence-corrected chi connectivity index (χ3v) is 3.66. The van der Waals surface area contributed by atoms with E-state index < -0.39 is 0 Å². The van der Waals surface area contributed by atoms with E-state index in [-0.39, 0.29) is 42.5 Å². The Labute approximate surface area is 157 Å². The molecule has 1 heterocycles. The molecule has 0 aromatic carbocycles. The molecule has 0 spiro atoms. The predicted molar refractivity (Wildman–Crippen MR) is 105 cm³/mol. The van der Waals surface area contributed by atoms with E-state index in [1.807, 2.05) is 0 Å². The molecule has 0 saturated carbocycles. The molecule has 1 aliphatic heterocycles. The maximum Gasteiger partial charge on any atom is 0.243 e. The fraction of sp³-hybridized carbons (Fsp3) is 0.875. The van der Waals surface area contributed by atoms with Gasteiger partial charge in [-0.1, -0.05) is 13.8 Å². The van der Waals surface area contributed by atoms with Gasteiger partial charge in [0.05, 0.1) is 6.10 Å². The Morgan fingerprint density at radius 3 is 2.61 bits per heavy atom. The normalized spacial score (nSPS) is 18.3. The second-order valence-electron chi connectivity index (χ2n) is 6.43. The highest BCUT2D eigenvalue weighted by molar-refractivity contribution is 14.0. The van der Waals surface area contributed by atoms with E-state index >= 15 is 0 Å². The first-order valence-corrected chi connectivity index (χ1v) is 8.33. The van der Waals surface area contributed by atoms with Crippen molar-refractivity contribution in [3.63, 3.8) is 0 Å². The van der Waals surface area contributed by atoms with Gasteiger partial charge in [0.2, 0.25) is 5.91 Å². The number of guanidine groups is 1. The van der Waals surface area contributed by atoms with Crippen LogP contribution in [0.25, 0.3) is 0 Å². The van der Waals surface area contributed by atoms with Crippen LogP contribution in [0, 0.1) is 5.92 Å². The first-order chi connectivity index (χ1) is 10.5. The monoisotopic (exact) mass is 440 g/mol. The van der Waals surface area contributed by atoms with Crippen LogP contribution in [0.15, 0.2) is 4.99 Å². The quantitative estimate of drug-likeness (QED) is 0.360. The van der Waals surface area contributed by atoms with E-state index in [1.54, 1.807) is 19.0 Å². The van der Waals surface area contributed by atoms with Crippen molar-refractivity contribution in [1.29, 1.82) is 0 Å². The van der Waals surface area contributed by atoms with Gasteiger partial charge < -0.3 is 20.3 Å². The Hall–Kier alpha value is -0.570. The van der Waals surface area contributed by atoms with Gasteiger partial charge in [-0.25, -0.2) is 4.99 Å². The summed E-state index contributed by atoms with van der Waals surface area (Å²) in [5.74, 6) is 1.34. The predicted octanol–water partition coefficient (Wildman–Crippen LogP) is 1.84. The first kappa shape index (κ1) is 22.4. The number of aliphatic imine (C=N–C) groups is 1. The Kier molecular flexibility index (Phi) is 12.5. The summed E-state index contributed by atoms with van der Waals surface area (Å²) in [6, 6.07) is 0. The SMILES string of the molecule is CC(C)CCNC(=NCC(=O)N(C)C)NCC1CCCCO1.I. The number of carbonyl (C=O) groups excluding carboxylic acids is 1. The van der Waals surface area contributed by atoms with Gasteiger partial charge in [-0.3, -0.25) is 4.79 Å². The van der Waals surface area contributed by atoms with Crippen LogP contribution in [0.5, 0.6) is 0 Å². The number of likely N-dealkylation sites (N-methyl/N-ethyl adjacent to an activating group) is 1. The van der Waals surface area contributed by atoms with Gasteiger partial charge in [-0.05, 0) is 31.6 Å². The topological polar surface area (TPSA) is 66.0 Å². The van der Waals surface area contributed by atoms with E-state index in [2.05, 4.69) is 29.5 Å². The van der Waals surface area contributed by atoms with Crippen LogP contribution >= 0.6 is 24.0 Å². The summed E-state index contributed by atoms with van der Waals surface area (Å²) in [6.45, 7) is 6.98. The van der Waals surface area contributed by atoms with Crippen molar-refractivity contribution in [2.24, 2.45) is 10.9 Å². The van der Waals surface area contributed by atoms with Crippen LogP contribution in [-0.2, 0) is 9.53 Å². The Bertz CT molecular complexity index is 356. The van der Waals surface area contributed by atoms with Crippen molar-refractivity contribution in [2.75, 3.05) is 40.3 Å². The standard InChI is InChI=1S/C16H32N4O2.HI/c1-13(2)8-9-17-16(19-12-15(21)20(3)4)18-11-14-7-5-6-10-22-14;/h13-14H,5-12H2,1-4H3,(H2,17,18,19);1H. The van der Waals surface area contributed by atoms with E-state index in [1.165, 1.54) is 6.42 Å². The molecule has 1 unspecified atom stereocenters. The summed E-state index contributed by atoms with van der Waals surface area (Å²) in [6.07, 6.45) is 4.78. The van der Waals surface area contributed by atoms with Crippen molar-refractivity contribution in [3.8, 4) is 0 Å². The van der Waals surface area contributed by atoms with Crippen LogP contribution in [0.4, 0.5) is 0 Å². The van der Waals surface area contributed by atoms with Gasteiger partial charge in [0.15, 0.2) is 5.96 Å². The maximum absolute atomic E-state index is 11.7. The smallest absolute Gasteiger partial charge is 0.243 e. The van der Waals surface area contributed by atoms with Gasteiger partial charge in [-0.2, -0.15) is 0 Å². The van der Waals surface area contributed by atoms with Crippen molar-refractivity contribution in [3.05, 3.63) is 0 Å². The van der Waals surface area contributed by atoms with Gasteiger partial charge in [0, 0.05) is 33.8 Å². The van der Waals surface area contributed by atoms with E-state index in [4.69, 9.17) is 4.74 Å². The molecule has 1 rings (SSSR count). The lowest BCUT2D eigenvalue weighted by Gasteiger charge is -2.24. The molecule has 2 N–H and O–H groups in total. The molecule has 7 heteroatoms. The lowest BCUT2D eigenvalue weighted by Crippen LogP contribution is -2.43. The number of nitrogens with one attached hydrogen (secondary N) is 2. The second-order valence-corrected chi connectivity index (χ2v) is 6.43. The molecule has 0 aliphatic carbocycles. The fourth-order valence-electron chi connectivity index (χ4n) is 2.12. The number of nitrogens with zero attached hydrogens (tertiary/aromatic N) is 2. The van der Waals surface area contributed by atoms with Crippen LogP contribution in [0.3, 0.4) is 0 Å². The molecule has 0 radical (unpaired) electrons. The number of hydrogen-bond acceptors (Lipinski definition) is 3. The molecule has 136 valence electrons. The summed E-state index contributed by atoms with van der Waals surface area (Å²) in [5, 5.41) is 6.60. The molecule has 1 fully saturated rings. The van der Waals surface area contributed by atoms with E-state index in [0.717, 1.165) is 39.0 Å². The molecule has 23 heavy (non-hydrogen) atoms. The lowest BCUT2D eigenvalue weighted by molar-refractivity contribution is -0.127. The molecule has 0 bridgehead atoms. The van der Waals surface area contributed by atoms with Gasteiger partial charge in [0.25, 0.3) is 0 Å². The molecule has 1 aliphatic rings. The molecule has 1 atom stereocenters. The third kappa shape index (κ3) is 10.8. The Morgan fingerprint density at radius 1 is 1.30 bits per heavy atom. The number of ether oxygens (including phenoxy) is 1. The zero-order valence-corrected chi connectivity index (χ0v) is 17.3. The van der Waals surface area contributed by atoms with Crippen LogP contribution in [-0.4, -0.2) is 63.2 Å². The lowest BCUT2D eigenvalue weighted by atomic mass is 10.1. The van der Waals surface area contributed by atoms with Crippen molar-refractivity contribution < 1.29 is 9.53 Å². The summed E-state index contributed by atoms with van der Waals surface area (Å²) in [4.78, 5) is 17.6. The summed E-state index contributed by atoms with van der Waals surface area (Å²) < 4.78 is 5.71. The van der Waals surface area contributed by atoms with Crippen LogP contribution < -0.4 is 10.6 Å². The third-order valence-electron chi connectivity index (χ3n) is 3.66. The molecule has 6 nitrogen and oxygen atoms in total. The summed E-state index contributed by atoms with van der Waals surface area (Å²) in [7, 11) is 3.49. The molecule has 0 aromatic rings. The van der Waals surface area contributed by atoms with E-state index in [0.29, 0.717) is 11.9 Å². The fourth-order valence-corrected chi connectivity index (χ4v) is 2.12. The van der Waals surface area contributed by atoms with Gasteiger partial charge >= 0.3 is 0 Å². The maximum atomic E-state index is 11.7. The minimum absolute atomic E-state index is 0. The number of halogens is 1.